The molecule has 2 aliphatic rings. The molecule has 9 heteroatoms. The molecular formula is C13H7F3N2O4. The number of hydrogen-bond donors (Lipinski definition) is 1. The molecule has 1 aromatic carbocycles. The fourth-order valence-corrected chi connectivity index (χ4v) is 2.55. The minimum Gasteiger partial charge on any atom is -0.295 e. The maximum absolute atomic E-state index is 13.7. The van der Waals surface area contributed by atoms with Crippen LogP contribution < -0.4 is 5.32 Å². The van der Waals surface area contributed by atoms with Crippen molar-refractivity contribution >= 4 is 23.6 Å². The summed E-state index contributed by atoms with van der Waals surface area (Å²) in [6.45, 7) is 0. The summed E-state index contributed by atoms with van der Waals surface area (Å²) in [6.07, 6.45) is -0.301. The van der Waals surface area contributed by atoms with Crippen LogP contribution in [-0.2, 0) is 9.59 Å². The number of nitrogens with zero attached hydrogens (tertiary/aromatic N) is 1. The van der Waals surface area contributed by atoms with Crippen LogP contribution in [0.5, 0.6) is 0 Å². The highest BCUT2D eigenvalue weighted by Crippen LogP contribution is 2.32. The Morgan fingerprint density at radius 2 is 1.64 bits per heavy atom. The number of halogens is 3. The van der Waals surface area contributed by atoms with Crippen molar-refractivity contribution < 1.29 is 32.3 Å². The minimum atomic E-state index is -1.65. The molecule has 6 nitrogen and oxygen atoms in total. The number of benzene rings is 1. The van der Waals surface area contributed by atoms with Crippen molar-refractivity contribution in [1.29, 1.82) is 0 Å². The Morgan fingerprint density at radius 3 is 2.27 bits per heavy atom. The summed E-state index contributed by atoms with van der Waals surface area (Å²) < 4.78 is 40.6. The van der Waals surface area contributed by atoms with Gasteiger partial charge >= 0.3 is 0 Å². The van der Waals surface area contributed by atoms with E-state index in [9.17, 15) is 32.3 Å². The van der Waals surface area contributed by atoms with Crippen LogP contribution in [0.25, 0.3) is 0 Å². The lowest BCUT2D eigenvalue weighted by Gasteiger charge is -2.27. The SMILES string of the molecule is O=C1CCC(N2C(=O)c3c(F)cc(F)c(F)c3C2=O)C(=O)N1. The molecule has 1 saturated heterocycles. The van der Waals surface area contributed by atoms with E-state index >= 15 is 0 Å². The van der Waals surface area contributed by atoms with Crippen LogP contribution in [0.4, 0.5) is 13.2 Å². The first-order valence-electron chi connectivity index (χ1n) is 6.22. The van der Waals surface area contributed by atoms with E-state index in [-0.39, 0.29) is 18.9 Å². The maximum Gasteiger partial charge on any atom is 0.265 e. The number of nitrogens with one attached hydrogen (secondary N) is 1. The second kappa shape index (κ2) is 4.65. The molecule has 0 aliphatic carbocycles. The Hall–Kier alpha value is -2.71. The minimum absolute atomic E-state index is 0.136. The molecule has 3 rings (SSSR count). The quantitative estimate of drug-likeness (QED) is 0.605. The van der Waals surface area contributed by atoms with Gasteiger partial charge in [0.05, 0.1) is 11.1 Å². The molecule has 1 aromatic rings. The Kier molecular flexibility index (Phi) is 3.01. The van der Waals surface area contributed by atoms with Crippen LogP contribution in [0.2, 0.25) is 0 Å². The van der Waals surface area contributed by atoms with E-state index < -0.39 is 58.2 Å². The zero-order chi connectivity index (χ0) is 16.2. The topological polar surface area (TPSA) is 83.6 Å². The van der Waals surface area contributed by atoms with Gasteiger partial charge in [-0.1, -0.05) is 0 Å². The van der Waals surface area contributed by atoms with E-state index in [1.807, 2.05) is 5.32 Å². The Balaban J connectivity index is 2.08. The van der Waals surface area contributed by atoms with Crippen LogP contribution in [0.15, 0.2) is 6.07 Å². The molecule has 114 valence electrons. The van der Waals surface area contributed by atoms with Crippen molar-refractivity contribution in [3.8, 4) is 0 Å². The van der Waals surface area contributed by atoms with E-state index in [1.54, 1.807) is 0 Å². The highest BCUT2D eigenvalue weighted by molar-refractivity contribution is 6.23. The number of fused-ring (bicyclic) bond motifs is 1. The smallest absolute Gasteiger partial charge is 0.265 e. The van der Waals surface area contributed by atoms with E-state index in [2.05, 4.69) is 0 Å². The average molecular weight is 312 g/mol. The number of amides is 4. The van der Waals surface area contributed by atoms with Crippen LogP contribution >= 0.6 is 0 Å². The highest BCUT2D eigenvalue weighted by atomic mass is 19.2. The normalized spacial score (nSPS) is 21.2. The molecule has 0 aromatic heterocycles. The number of carbonyl (C=O) groups is 4. The number of piperidine rings is 1. The molecule has 1 unspecified atom stereocenters. The molecule has 0 bridgehead atoms. The molecule has 2 heterocycles. The number of imide groups is 2. The zero-order valence-electron chi connectivity index (χ0n) is 10.8. The summed E-state index contributed by atoms with van der Waals surface area (Å²) in [5.41, 5.74) is -1.94. The van der Waals surface area contributed by atoms with Gasteiger partial charge in [-0.3, -0.25) is 29.4 Å². The second-order valence-electron chi connectivity index (χ2n) is 4.85. The van der Waals surface area contributed by atoms with Gasteiger partial charge in [0.15, 0.2) is 11.6 Å². The van der Waals surface area contributed by atoms with Gasteiger partial charge in [0.25, 0.3) is 11.8 Å². The zero-order valence-corrected chi connectivity index (χ0v) is 10.8. The highest BCUT2D eigenvalue weighted by Gasteiger charge is 2.48. The largest absolute Gasteiger partial charge is 0.295 e. The van der Waals surface area contributed by atoms with E-state index in [1.165, 1.54) is 0 Å². The summed E-state index contributed by atoms with van der Waals surface area (Å²) >= 11 is 0. The first kappa shape index (κ1) is 14.2. The van der Waals surface area contributed by atoms with Gasteiger partial charge in [0.2, 0.25) is 11.8 Å². The first-order chi connectivity index (χ1) is 10.3. The molecular weight excluding hydrogens is 305 g/mol. The predicted octanol–water partition coefficient (Wildman–Crippen LogP) is 0.505. The summed E-state index contributed by atoms with van der Waals surface area (Å²) in [6, 6.07) is -1.21. The molecule has 0 saturated carbocycles. The van der Waals surface area contributed by atoms with Gasteiger partial charge in [-0.2, -0.15) is 0 Å². The molecule has 22 heavy (non-hydrogen) atoms. The van der Waals surface area contributed by atoms with E-state index in [0.29, 0.717) is 4.90 Å². The third-order valence-corrected chi connectivity index (χ3v) is 3.56. The number of rotatable bonds is 1. The lowest BCUT2D eigenvalue weighted by molar-refractivity contribution is -0.136. The Bertz CT molecular complexity index is 762. The monoisotopic (exact) mass is 312 g/mol. The fourth-order valence-electron chi connectivity index (χ4n) is 2.55. The predicted molar refractivity (Wildman–Crippen MR) is 63.0 cm³/mol. The van der Waals surface area contributed by atoms with Gasteiger partial charge in [0, 0.05) is 12.5 Å². The van der Waals surface area contributed by atoms with Gasteiger partial charge in [-0.15, -0.1) is 0 Å². The summed E-state index contributed by atoms with van der Waals surface area (Å²) in [5, 5.41) is 1.93. The number of carbonyl (C=O) groups excluding carboxylic acids is 4. The fraction of sp³-hybridized carbons (Fsp3) is 0.231. The average Bonchev–Trinajstić information content (AvgIpc) is 2.69. The molecule has 2 aliphatic heterocycles. The van der Waals surface area contributed by atoms with Crippen molar-refractivity contribution in [2.75, 3.05) is 0 Å². The molecule has 0 spiro atoms. The standard InChI is InChI=1S/C13H7F3N2O4/c14-4-3-5(15)10(16)9-8(4)12(21)18(13(9)22)6-1-2-7(19)17-11(6)20/h3,6H,1-2H2,(H,17,19,20). The number of hydrogen-bond acceptors (Lipinski definition) is 4. The van der Waals surface area contributed by atoms with Crippen LogP contribution in [0.3, 0.4) is 0 Å². The van der Waals surface area contributed by atoms with Crippen LogP contribution in [0, 0.1) is 17.5 Å². The summed E-state index contributed by atoms with van der Waals surface area (Å²) in [5.74, 6) is -8.68. The third-order valence-electron chi connectivity index (χ3n) is 3.56. The lowest BCUT2D eigenvalue weighted by Crippen LogP contribution is -2.54. The van der Waals surface area contributed by atoms with Crippen molar-refractivity contribution in [3.05, 3.63) is 34.6 Å². The molecule has 4 amide bonds. The van der Waals surface area contributed by atoms with Crippen molar-refractivity contribution in [2.24, 2.45) is 0 Å². The summed E-state index contributed by atoms with van der Waals surface area (Å²) in [7, 11) is 0. The maximum atomic E-state index is 13.7. The van der Waals surface area contributed by atoms with E-state index in [4.69, 9.17) is 0 Å². The Labute approximate surface area is 120 Å². The summed E-state index contributed by atoms with van der Waals surface area (Å²) in [4.78, 5) is 47.4. The van der Waals surface area contributed by atoms with Crippen LogP contribution in [-0.4, -0.2) is 34.6 Å². The van der Waals surface area contributed by atoms with Gasteiger partial charge in [-0.25, -0.2) is 13.2 Å². The molecule has 1 fully saturated rings. The van der Waals surface area contributed by atoms with Crippen LogP contribution in [0.1, 0.15) is 33.6 Å². The van der Waals surface area contributed by atoms with Crippen molar-refractivity contribution in [3.63, 3.8) is 0 Å². The van der Waals surface area contributed by atoms with Crippen molar-refractivity contribution in [2.45, 2.75) is 18.9 Å². The molecule has 0 radical (unpaired) electrons. The second-order valence-corrected chi connectivity index (χ2v) is 4.85. The van der Waals surface area contributed by atoms with Gasteiger partial charge in [0.1, 0.15) is 11.9 Å². The Morgan fingerprint density at radius 1 is 1.00 bits per heavy atom. The third kappa shape index (κ3) is 1.81. The molecule has 1 N–H and O–H groups in total. The lowest BCUT2D eigenvalue weighted by atomic mass is 10.0. The van der Waals surface area contributed by atoms with Gasteiger partial charge < -0.3 is 0 Å². The van der Waals surface area contributed by atoms with Crippen molar-refractivity contribution in [1.82, 2.24) is 10.2 Å². The molecule has 1 atom stereocenters. The first-order valence-corrected chi connectivity index (χ1v) is 6.22. The van der Waals surface area contributed by atoms with Gasteiger partial charge in [-0.05, 0) is 6.42 Å². The van der Waals surface area contributed by atoms with E-state index in [0.717, 1.165) is 0 Å².